The van der Waals surface area contributed by atoms with Crippen molar-refractivity contribution in [2.24, 2.45) is 0 Å². The van der Waals surface area contributed by atoms with E-state index in [1.54, 1.807) is 11.0 Å². The Morgan fingerprint density at radius 3 is 2.86 bits per heavy atom. The highest BCUT2D eigenvalue weighted by Gasteiger charge is 2.24. The van der Waals surface area contributed by atoms with E-state index in [-0.39, 0.29) is 11.7 Å². The number of carbonyl (C=O) groups is 1. The Kier molecular flexibility index (Phi) is 3.84. The van der Waals surface area contributed by atoms with Crippen LogP contribution in [0, 0.1) is 9.39 Å². The lowest BCUT2D eigenvalue weighted by Gasteiger charge is -2.30. The number of amides is 1. The second-order valence-corrected chi connectivity index (χ2v) is 6.25. The Balaban J connectivity index is 1.89. The number of nitrogens with zero attached hydrogens (tertiary/aromatic N) is 1. The molecule has 3 rings (SSSR count). The number of hydrogen-bond donors (Lipinski definition) is 1. The van der Waals surface area contributed by atoms with E-state index >= 15 is 0 Å². The van der Waals surface area contributed by atoms with Crippen molar-refractivity contribution in [2.75, 3.05) is 12.3 Å². The second kappa shape index (κ2) is 5.63. The highest BCUT2D eigenvalue weighted by molar-refractivity contribution is 14.1. The number of halogens is 2. The van der Waals surface area contributed by atoms with Gasteiger partial charge in [-0.2, -0.15) is 0 Å². The molecule has 2 N–H and O–H groups in total. The molecule has 0 aliphatic carbocycles. The fourth-order valence-electron chi connectivity index (χ4n) is 2.61. The molecule has 2 aromatic carbocycles. The van der Waals surface area contributed by atoms with Gasteiger partial charge in [0.1, 0.15) is 5.82 Å². The van der Waals surface area contributed by atoms with Crippen LogP contribution in [-0.4, -0.2) is 17.4 Å². The first-order chi connectivity index (χ1) is 10.1. The summed E-state index contributed by atoms with van der Waals surface area (Å²) < 4.78 is 13.8. The van der Waals surface area contributed by atoms with E-state index in [1.165, 1.54) is 17.7 Å². The molecule has 0 fully saturated rings. The number of anilines is 1. The summed E-state index contributed by atoms with van der Waals surface area (Å²) in [6.07, 6.45) is 0.796. The third-order valence-electron chi connectivity index (χ3n) is 3.76. The monoisotopic (exact) mass is 396 g/mol. The molecular formula is C16H14FIN2O. The van der Waals surface area contributed by atoms with Crippen LogP contribution < -0.4 is 5.73 Å². The minimum atomic E-state index is -0.329. The molecule has 1 amide bonds. The van der Waals surface area contributed by atoms with Crippen LogP contribution in [0.5, 0.6) is 0 Å². The van der Waals surface area contributed by atoms with Crippen molar-refractivity contribution in [1.29, 1.82) is 0 Å². The van der Waals surface area contributed by atoms with Crippen molar-refractivity contribution < 1.29 is 9.18 Å². The average molecular weight is 396 g/mol. The fourth-order valence-corrected chi connectivity index (χ4v) is 3.32. The molecule has 0 saturated heterocycles. The van der Waals surface area contributed by atoms with Gasteiger partial charge in [0, 0.05) is 22.3 Å². The topological polar surface area (TPSA) is 46.3 Å². The van der Waals surface area contributed by atoms with Gasteiger partial charge in [-0.25, -0.2) is 4.39 Å². The molecule has 0 radical (unpaired) electrons. The normalized spacial score (nSPS) is 13.9. The van der Waals surface area contributed by atoms with Gasteiger partial charge in [-0.15, -0.1) is 0 Å². The fraction of sp³-hybridized carbons (Fsp3) is 0.188. The molecule has 108 valence electrons. The maximum absolute atomic E-state index is 13.2. The van der Waals surface area contributed by atoms with Gasteiger partial charge in [-0.05, 0) is 64.4 Å². The Bertz CT molecular complexity index is 717. The quantitative estimate of drug-likeness (QED) is 0.595. The summed E-state index contributed by atoms with van der Waals surface area (Å²) in [4.78, 5) is 14.4. The van der Waals surface area contributed by atoms with E-state index < -0.39 is 0 Å². The molecule has 1 aliphatic rings. The van der Waals surface area contributed by atoms with Crippen LogP contribution in [0.25, 0.3) is 0 Å². The van der Waals surface area contributed by atoms with Crippen molar-refractivity contribution in [2.45, 2.75) is 13.0 Å². The predicted molar refractivity (Wildman–Crippen MR) is 88.4 cm³/mol. The summed E-state index contributed by atoms with van der Waals surface area (Å²) in [5.74, 6) is -0.405. The smallest absolute Gasteiger partial charge is 0.255 e. The molecule has 0 saturated carbocycles. The molecule has 5 heteroatoms. The van der Waals surface area contributed by atoms with E-state index in [0.717, 1.165) is 17.7 Å². The summed E-state index contributed by atoms with van der Waals surface area (Å²) in [6.45, 7) is 1.16. The predicted octanol–water partition coefficient (Wildman–Crippen LogP) is 3.21. The molecule has 0 atom stereocenters. The Labute approximate surface area is 136 Å². The van der Waals surface area contributed by atoms with Gasteiger partial charge in [0.25, 0.3) is 5.91 Å². The summed E-state index contributed by atoms with van der Waals surface area (Å²) in [7, 11) is 0. The largest absolute Gasteiger partial charge is 0.398 e. The highest BCUT2D eigenvalue weighted by atomic mass is 127. The summed E-state index contributed by atoms with van der Waals surface area (Å²) in [5, 5.41) is 0. The molecule has 1 heterocycles. The number of fused-ring (bicyclic) bond motifs is 1. The van der Waals surface area contributed by atoms with Crippen LogP contribution in [0.15, 0.2) is 36.4 Å². The standard InChI is InChI=1S/C16H14FIN2O/c17-11-4-5-12(14(18)8-11)16(21)20-7-6-10-2-1-3-15(19)13(10)9-20/h1-5,8H,6-7,9,19H2. The Hall–Kier alpha value is -1.63. The first kappa shape index (κ1) is 14.3. The van der Waals surface area contributed by atoms with Gasteiger partial charge < -0.3 is 10.6 Å². The van der Waals surface area contributed by atoms with Crippen LogP contribution >= 0.6 is 22.6 Å². The van der Waals surface area contributed by atoms with E-state index in [2.05, 4.69) is 6.07 Å². The highest BCUT2D eigenvalue weighted by Crippen LogP contribution is 2.26. The van der Waals surface area contributed by atoms with E-state index in [0.29, 0.717) is 22.2 Å². The molecule has 1 aliphatic heterocycles. The second-order valence-electron chi connectivity index (χ2n) is 5.09. The zero-order chi connectivity index (χ0) is 15.0. The van der Waals surface area contributed by atoms with Crippen molar-refractivity contribution in [1.82, 2.24) is 4.90 Å². The van der Waals surface area contributed by atoms with Crippen LogP contribution in [-0.2, 0) is 13.0 Å². The molecule has 0 bridgehead atoms. The van der Waals surface area contributed by atoms with E-state index in [1.807, 2.05) is 34.7 Å². The number of rotatable bonds is 1. The maximum atomic E-state index is 13.2. The van der Waals surface area contributed by atoms with Crippen LogP contribution in [0.4, 0.5) is 10.1 Å². The Morgan fingerprint density at radius 1 is 1.29 bits per heavy atom. The molecule has 0 unspecified atom stereocenters. The first-order valence-corrected chi connectivity index (χ1v) is 7.74. The van der Waals surface area contributed by atoms with Crippen molar-refractivity contribution >= 4 is 34.2 Å². The number of benzene rings is 2. The lowest BCUT2D eigenvalue weighted by molar-refractivity contribution is 0.0734. The molecular weight excluding hydrogens is 382 g/mol. The van der Waals surface area contributed by atoms with E-state index in [4.69, 9.17) is 5.73 Å². The van der Waals surface area contributed by atoms with Crippen LogP contribution in [0.2, 0.25) is 0 Å². The molecule has 0 aromatic heterocycles. The van der Waals surface area contributed by atoms with Gasteiger partial charge in [-0.3, -0.25) is 4.79 Å². The van der Waals surface area contributed by atoms with Crippen molar-refractivity contribution in [3.63, 3.8) is 0 Å². The zero-order valence-electron chi connectivity index (χ0n) is 11.3. The minimum Gasteiger partial charge on any atom is -0.398 e. The number of nitrogen functional groups attached to an aromatic ring is 1. The van der Waals surface area contributed by atoms with Gasteiger partial charge in [0.15, 0.2) is 0 Å². The van der Waals surface area contributed by atoms with Crippen LogP contribution in [0.1, 0.15) is 21.5 Å². The van der Waals surface area contributed by atoms with E-state index in [9.17, 15) is 9.18 Å². The lowest BCUT2D eigenvalue weighted by Crippen LogP contribution is -2.36. The summed E-state index contributed by atoms with van der Waals surface area (Å²) >= 11 is 1.99. The molecule has 21 heavy (non-hydrogen) atoms. The van der Waals surface area contributed by atoms with Crippen molar-refractivity contribution in [3.05, 3.63) is 62.5 Å². The first-order valence-electron chi connectivity index (χ1n) is 6.67. The number of hydrogen-bond acceptors (Lipinski definition) is 2. The third-order valence-corrected chi connectivity index (χ3v) is 4.65. The van der Waals surface area contributed by atoms with Gasteiger partial charge in [0.2, 0.25) is 0 Å². The van der Waals surface area contributed by atoms with Crippen molar-refractivity contribution in [3.8, 4) is 0 Å². The zero-order valence-corrected chi connectivity index (χ0v) is 13.4. The maximum Gasteiger partial charge on any atom is 0.255 e. The van der Waals surface area contributed by atoms with Crippen LogP contribution in [0.3, 0.4) is 0 Å². The van der Waals surface area contributed by atoms with Gasteiger partial charge >= 0.3 is 0 Å². The number of carbonyl (C=O) groups excluding carboxylic acids is 1. The molecule has 0 spiro atoms. The van der Waals surface area contributed by atoms with Gasteiger partial charge in [0.05, 0.1) is 5.56 Å². The SMILES string of the molecule is Nc1cccc2c1CN(C(=O)c1ccc(F)cc1I)CC2. The molecule has 3 nitrogen and oxygen atoms in total. The average Bonchev–Trinajstić information content (AvgIpc) is 2.47. The summed E-state index contributed by atoms with van der Waals surface area (Å²) in [5.41, 5.74) is 9.49. The lowest BCUT2D eigenvalue weighted by atomic mass is 9.97. The summed E-state index contributed by atoms with van der Waals surface area (Å²) in [6, 6.07) is 10.1. The third kappa shape index (κ3) is 2.74. The minimum absolute atomic E-state index is 0.0756. The molecule has 2 aromatic rings. The number of nitrogens with two attached hydrogens (primary N) is 1. The van der Waals surface area contributed by atoms with Gasteiger partial charge in [-0.1, -0.05) is 12.1 Å². The Morgan fingerprint density at radius 2 is 2.10 bits per heavy atom.